The minimum Gasteiger partial charge on any atom is -0.393 e. The third kappa shape index (κ3) is 4.51. The molecule has 1 aromatic carbocycles. The van der Waals surface area contributed by atoms with Gasteiger partial charge in [-0.25, -0.2) is 13.6 Å². The molecule has 0 aromatic heterocycles. The zero-order chi connectivity index (χ0) is 15.5. The fourth-order valence-corrected chi connectivity index (χ4v) is 3.33. The van der Waals surface area contributed by atoms with Crippen LogP contribution in [0.25, 0.3) is 0 Å². The zero-order valence-electron chi connectivity index (χ0n) is 12.3. The minimum atomic E-state index is -3.64. The summed E-state index contributed by atoms with van der Waals surface area (Å²) in [4.78, 5) is 0.126. The van der Waals surface area contributed by atoms with Crippen molar-refractivity contribution >= 4 is 10.0 Å². The Morgan fingerprint density at radius 2 is 1.90 bits per heavy atom. The lowest BCUT2D eigenvalue weighted by Crippen LogP contribution is -2.34. The number of aliphatic hydroxyl groups excluding tert-OH is 1. The summed E-state index contributed by atoms with van der Waals surface area (Å²) < 4.78 is 22.4. The third-order valence-corrected chi connectivity index (χ3v) is 5.19. The molecule has 118 valence electrons. The Balaban J connectivity index is 1.92. The second kappa shape index (κ2) is 6.87. The van der Waals surface area contributed by atoms with Gasteiger partial charge in [-0.05, 0) is 43.4 Å². The maximum absolute atomic E-state index is 11.2. The number of hydrogen-bond donors (Lipinski definition) is 3. The smallest absolute Gasteiger partial charge is 0.238 e. The first-order chi connectivity index (χ1) is 9.88. The summed E-state index contributed by atoms with van der Waals surface area (Å²) in [6.07, 6.45) is 4.04. The summed E-state index contributed by atoms with van der Waals surface area (Å²) in [6, 6.07) is 6.70. The van der Waals surface area contributed by atoms with Crippen LogP contribution in [0.15, 0.2) is 29.2 Å². The van der Waals surface area contributed by atoms with E-state index in [-0.39, 0.29) is 17.0 Å². The molecule has 1 aromatic rings. The van der Waals surface area contributed by atoms with Crippen LogP contribution in [-0.4, -0.2) is 26.2 Å². The molecule has 3 unspecified atom stereocenters. The van der Waals surface area contributed by atoms with Gasteiger partial charge in [-0.2, -0.15) is 0 Å². The summed E-state index contributed by atoms with van der Waals surface area (Å²) in [7, 11) is -3.64. The van der Waals surface area contributed by atoms with Crippen molar-refractivity contribution in [2.24, 2.45) is 11.1 Å². The van der Waals surface area contributed by atoms with Gasteiger partial charge in [-0.3, -0.25) is 0 Å². The van der Waals surface area contributed by atoms with Gasteiger partial charge in [-0.15, -0.1) is 0 Å². The zero-order valence-corrected chi connectivity index (χ0v) is 13.1. The standard InChI is InChI=1S/C15H24N2O3S/c1-11(17-10-13-4-2-3-5-15(13)18)12-6-8-14(9-7-12)21(16,19)20/h6-9,11,13,15,17-18H,2-5,10H2,1H3,(H2,16,19,20). The van der Waals surface area contributed by atoms with Crippen molar-refractivity contribution in [3.05, 3.63) is 29.8 Å². The van der Waals surface area contributed by atoms with E-state index in [9.17, 15) is 13.5 Å². The van der Waals surface area contributed by atoms with Crippen molar-refractivity contribution in [3.63, 3.8) is 0 Å². The van der Waals surface area contributed by atoms with Gasteiger partial charge in [0.05, 0.1) is 11.0 Å². The van der Waals surface area contributed by atoms with E-state index in [0.29, 0.717) is 5.92 Å². The van der Waals surface area contributed by atoms with Crippen LogP contribution in [0.2, 0.25) is 0 Å². The van der Waals surface area contributed by atoms with Crippen molar-refractivity contribution in [1.29, 1.82) is 0 Å². The number of nitrogens with two attached hydrogens (primary N) is 1. The predicted molar refractivity (Wildman–Crippen MR) is 82.2 cm³/mol. The number of rotatable bonds is 5. The maximum atomic E-state index is 11.2. The molecular formula is C15H24N2O3S. The van der Waals surface area contributed by atoms with Gasteiger partial charge in [0.25, 0.3) is 0 Å². The first-order valence-corrected chi connectivity index (χ1v) is 8.97. The van der Waals surface area contributed by atoms with Crippen molar-refractivity contribution in [3.8, 4) is 0 Å². The number of aliphatic hydroxyl groups is 1. The summed E-state index contributed by atoms with van der Waals surface area (Å²) in [5, 5.41) is 18.5. The Labute approximate surface area is 126 Å². The van der Waals surface area contributed by atoms with Gasteiger partial charge in [0, 0.05) is 12.6 Å². The molecule has 0 spiro atoms. The van der Waals surface area contributed by atoms with Gasteiger partial charge in [-0.1, -0.05) is 25.0 Å². The van der Waals surface area contributed by atoms with Crippen LogP contribution in [0.4, 0.5) is 0 Å². The van der Waals surface area contributed by atoms with Crippen LogP contribution in [0, 0.1) is 5.92 Å². The van der Waals surface area contributed by atoms with E-state index in [4.69, 9.17) is 5.14 Å². The molecule has 6 heteroatoms. The van der Waals surface area contributed by atoms with Gasteiger partial charge in [0.15, 0.2) is 0 Å². The highest BCUT2D eigenvalue weighted by atomic mass is 32.2. The minimum absolute atomic E-state index is 0.105. The molecule has 0 radical (unpaired) electrons. The number of nitrogens with one attached hydrogen (secondary N) is 1. The van der Waals surface area contributed by atoms with Gasteiger partial charge in [0.1, 0.15) is 0 Å². The van der Waals surface area contributed by atoms with Crippen molar-refractivity contribution in [2.45, 2.75) is 49.6 Å². The highest BCUT2D eigenvalue weighted by molar-refractivity contribution is 7.89. The number of hydrogen-bond acceptors (Lipinski definition) is 4. The molecule has 4 N–H and O–H groups in total. The lowest BCUT2D eigenvalue weighted by molar-refractivity contribution is 0.0684. The molecule has 0 bridgehead atoms. The molecule has 21 heavy (non-hydrogen) atoms. The molecule has 0 aliphatic heterocycles. The average molecular weight is 312 g/mol. The summed E-state index contributed by atoms with van der Waals surface area (Å²) in [6.45, 7) is 2.81. The Morgan fingerprint density at radius 1 is 1.29 bits per heavy atom. The normalized spacial score (nSPS) is 24.7. The summed E-state index contributed by atoms with van der Waals surface area (Å²) in [5.74, 6) is 0.310. The maximum Gasteiger partial charge on any atom is 0.238 e. The molecular weight excluding hydrogens is 288 g/mol. The lowest BCUT2D eigenvalue weighted by atomic mass is 9.86. The predicted octanol–water partition coefficient (Wildman–Crippen LogP) is 1.54. The molecule has 1 aliphatic rings. The molecule has 3 atom stereocenters. The molecule has 0 saturated heterocycles. The van der Waals surface area contributed by atoms with Gasteiger partial charge < -0.3 is 10.4 Å². The van der Waals surface area contributed by atoms with Gasteiger partial charge in [0.2, 0.25) is 10.0 Å². The SMILES string of the molecule is CC(NCC1CCCCC1O)c1ccc(S(N)(=O)=O)cc1. The fraction of sp³-hybridized carbons (Fsp3) is 0.600. The fourth-order valence-electron chi connectivity index (χ4n) is 2.82. The third-order valence-electron chi connectivity index (χ3n) is 4.26. The van der Waals surface area contributed by atoms with E-state index in [1.807, 2.05) is 6.92 Å². The Hall–Kier alpha value is -0.950. The Kier molecular flexibility index (Phi) is 5.37. The number of benzene rings is 1. The Bertz CT molecular complexity index is 557. The number of sulfonamides is 1. The first kappa shape index (κ1) is 16.4. The van der Waals surface area contributed by atoms with E-state index in [1.165, 1.54) is 18.6 Å². The van der Waals surface area contributed by atoms with Crippen LogP contribution >= 0.6 is 0 Å². The molecule has 1 saturated carbocycles. The topological polar surface area (TPSA) is 92.4 Å². The monoisotopic (exact) mass is 312 g/mol. The molecule has 1 fully saturated rings. The molecule has 2 rings (SSSR count). The summed E-state index contributed by atoms with van der Waals surface area (Å²) in [5.41, 5.74) is 1.01. The van der Waals surface area contributed by atoms with Crippen molar-refractivity contribution in [1.82, 2.24) is 5.32 Å². The molecule has 1 aliphatic carbocycles. The van der Waals surface area contributed by atoms with Crippen LogP contribution < -0.4 is 10.5 Å². The second-order valence-electron chi connectivity index (χ2n) is 5.86. The summed E-state index contributed by atoms with van der Waals surface area (Å²) >= 11 is 0. The van der Waals surface area contributed by atoms with E-state index in [2.05, 4.69) is 5.32 Å². The van der Waals surface area contributed by atoms with Gasteiger partial charge >= 0.3 is 0 Å². The van der Waals surface area contributed by atoms with Crippen LogP contribution in [0.1, 0.15) is 44.2 Å². The van der Waals surface area contributed by atoms with E-state index >= 15 is 0 Å². The van der Waals surface area contributed by atoms with Crippen molar-refractivity contribution in [2.75, 3.05) is 6.54 Å². The molecule has 5 nitrogen and oxygen atoms in total. The largest absolute Gasteiger partial charge is 0.393 e. The second-order valence-corrected chi connectivity index (χ2v) is 7.42. The quantitative estimate of drug-likeness (QED) is 0.769. The Morgan fingerprint density at radius 3 is 2.48 bits per heavy atom. The highest BCUT2D eigenvalue weighted by Crippen LogP contribution is 2.24. The van der Waals surface area contributed by atoms with E-state index in [0.717, 1.165) is 31.4 Å². The first-order valence-electron chi connectivity index (χ1n) is 7.42. The molecule has 0 amide bonds. The lowest BCUT2D eigenvalue weighted by Gasteiger charge is -2.29. The van der Waals surface area contributed by atoms with E-state index in [1.54, 1.807) is 12.1 Å². The van der Waals surface area contributed by atoms with Crippen molar-refractivity contribution < 1.29 is 13.5 Å². The van der Waals surface area contributed by atoms with Crippen LogP contribution in [0.3, 0.4) is 0 Å². The van der Waals surface area contributed by atoms with Crippen LogP contribution in [-0.2, 0) is 10.0 Å². The highest BCUT2D eigenvalue weighted by Gasteiger charge is 2.23. The van der Waals surface area contributed by atoms with Crippen LogP contribution in [0.5, 0.6) is 0 Å². The van der Waals surface area contributed by atoms with E-state index < -0.39 is 10.0 Å². The average Bonchev–Trinajstić information content (AvgIpc) is 2.45. The number of primary sulfonamides is 1. The molecule has 0 heterocycles.